The van der Waals surface area contributed by atoms with E-state index in [-0.39, 0.29) is 17.3 Å². The molecular weight excluding hydrogens is 486 g/mol. The molecule has 0 bridgehead atoms. The maximum atomic E-state index is 13.9. The van der Waals surface area contributed by atoms with Crippen LogP contribution in [0.4, 0.5) is 5.69 Å². The smallest absolute Gasteiger partial charge is 0.264 e. The molecule has 0 radical (unpaired) electrons. The zero-order chi connectivity index (χ0) is 27.2. The summed E-state index contributed by atoms with van der Waals surface area (Å²) in [4.78, 5) is 28.2. The molecule has 1 unspecified atom stereocenters. The number of rotatable bonds is 10. The molecule has 3 aromatic rings. The summed E-state index contributed by atoms with van der Waals surface area (Å²) in [5, 5.41) is 2.64. The largest absolute Gasteiger partial charge is 0.357 e. The Hall–Kier alpha value is -3.65. The van der Waals surface area contributed by atoms with E-state index >= 15 is 0 Å². The zero-order valence-corrected chi connectivity index (χ0v) is 22.9. The van der Waals surface area contributed by atoms with Crippen molar-refractivity contribution in [1.82, 2.24) is 10.2 Å². The second-order valence-corrected chi connectivity index (χ2v) is 11.0. The average Bonchev–Trinajstić information content (AvgIpc) is 2.90. The van der Waals surface area contributed by atoms with E-state index in [0.717, 1.165) is 26.6 Å². The van der Waals surface area contributed by atoms with E-state index < -0.39 is 28.5 Å². The van der Waals surface area contributed by atoms with Crippen molar-refractivity contribution in [3.05, 3.63) is 95.1 Å². The summed E-state index contributed by atoms with van der Waals surface area (Å²) in [6.07, 6.45) is 0.381. The van der Waals surface area contributed by atoms with E-state index in [1.807, 2.05) is 58.0 Å². The third-order valence-electron chi connectivity index (χ3n) is 6.49. The van der Waals surface area contributed by atoms with Gasteiger partial charge in [-0.05, 0) is 68.1 Å². The monoisotopic (exact) mass is 521 g/mol. The van der Waals surface area contributed by atoms with E-state index in [2.05, 4.69) is 5.32 Å². The second-order valence-electron chi connectivity index (χ2n) is 9.14. The fourth-order valence-electron chi connectivity index (χ4n) is 4.11. The number of carbonyl (C=O) groups excluding carboxylic acids is 2. The van der Waals surface area contributed by atoms with Crippen LogP contribution in [-0.2, 0) is 26.2 Å². The Morgan fingerprint density at radius 3 is 2.11 bits per heavy atom. The van der Waals surface area contributed by atoms with Crippen molar-refractivity contribution in [3.8, 4) is 0 Å². The molecule has 0 aliphatic rings. The number of benzene rings is 3. The van der Waals surface area contributed by atoms with Crippen LogP contribution in [0.5, 0.6) is 0 Å². The highest BCUT2D eigenvalue weighted by atomic mass is 32.2. The van der Waals surface area contributed by atoms with Gasteiger partial charge in [0, 0.05) is 13.6 Å². The first-order valence-electron chi connectivity index (χ1n) is 12.3. The Balaban J connectivity index is 2.06. The average molecular weight is 522 g/mol. The number of hydrogen-bond donors (Lipinski definition) is 1. The van der Waals surface area contributed by atoms with Crippen molar-refractivity contribution in [3.63, 3.8) is 0 Å². The highest BCUT2D eigenvalue weighted by molar-refractivity contribution is 7.92. The van der Waals surface area contributed by atoms with Crippen molar-refractivity contribution >= 4 is 27.5 Å². The molecule has 0 spiro atoms. The minimum Gasteiger partial charge on any atom is -0.357 e. The van der Waals surface area contributed by atoms with Crippen LogP contribution in [0.3, 0.4) is 0 Å². The van der Waals surface area contributed by atoms with Gasteiger partial charge in [-0.15, -0.1) is 0 Å². The van der Waals surface area contributed by atoms with Gasteiger partial charge in [0.2, 0.25) is 11.8 Å². The van der Waals surface area contributed by atoms with Crippen molar-refractivity contribution in [2.75, 3.05) is 17.9 Å². The minimum atomic E-state index is -4.06. The van der Waals surface area contributed by atoms with Crippen molar-refractivity contribution in [2.45, 2.75) is 51.6 Å². The molecule has 3 rings (SSSR count). The van der Waals surface area contributed by atoms with Gasteiger partial charge in [-0.1, -0.05) is 61.0 Å². The normalized spacial score (nSPS) is 12.0. The maximum Gasteiger partial charge on any atom is 0.264 e. The van der Waals surface area contributed by atoms with E-state index in [0.29, 0.717) is 12.1 Å². The standard InChI is InChI=1S/C29H35N3O4S/c1-6-27(29(34)30-5)31(19-24-15-12-21(2)13-16-24)28(33)20-32(25-17-14-22(3)23(4)18-25)37(35,36)26-10-8-7-9-11-26/h7-18,27H,6,19-20H2,1-5H3,(H,30,34). The Labute approximate surface area is 220 Å². The van der Waals surface area contributed by atoms with Crippen molar-refractivity contribution in [1.29, 1.82) is 0 Å². The molecule has 0 saturated heterocycles. The maximum absolute atomic E-state index is 13.9. The van der Waals surface area contributed by atoms with Gasteiger partial charge < -0.3 is 10.2 Å². The molecule has 8 heteroatoms. The zero-order valence-electron chi connectivity index (χ0n) is 22.1. The van der Waals surface area contributed by atoms with Gasteiger partial charge in [0.25, 0.3) is 10.0 Å². The molecule has 1 atom stereocenters. The SMILES string of the molecule is CCC(C(=O)NC)N(Cc1ccc(C)cc1)C(=O)CN(c1ccc(C)c(C)c1)S(=O)(=O)c1ccccc1. The number of aryl methyl sites for hydroxylation is 3. The number of nitrogens with one attached hydrogen (secondary N) is 1. The summed E-state index contributed by atoms with van der Waals surface area (Å²) in [6, 6.07) is 20.3. The molecule has 0 aromatic heterocycles. The molecular formula is C29H35N3O4S. The highest BCUT2D eigenvalue weighted by Crippen LogP contribution is 2.26. The number of amides is 2. The van der Waals surface area contributed by atoms with Crippen LogP contribution >= 0.6 is 0 Å². The summed E-state index contributed by atoms with van der Waals surface area (Å²) >= 11 is 0. The van der Waals surface area contributed by atoms with Crippen LogP contribution < -0.4 is 9.62 Å². The number of anilines is 1. The summed E-state index contributed by atoms with van der Waals surface area (Å²) in [5.41, 5.74) is 4.24. The molecule has 37 heavy (non-hydrogen) atoms. The third kappa shape index (κ3) is 6.57. The first kappa shape index (κ1) is 27.9. The highest BCUT2D eigenvalue weighted by Gasteiger charge is 2.33. The second kappa shape index (κ2) is 12.1. The van der Waals surface area contributed by atoms with Crippen molar-refractivity contribution in [2.24, 2.45) is 0 Å². The Bertz CT molecular complexity index is 1340. The number of hydrogen-bond acceptors (Lipinski definition) is 4. The van der Waals surface area contributed by atoms with Crippen LogP contribution in [0.25, 0.3) is 0 Å². The lowest BCUT2D eigenvalue weighted by molar-refractivity contribution is -0.140. The Morgan fingerprint density at radius 1 is 0.892 bits per heavy atom. The van der Waals surface area contributed by atoms with Gasteiger partial charge in [0.1, 0.15) is 12.6 Å². The van der Waals surface area contributed by atoms with Crippen molar-refractivity contribution < 1.29 is 18.0 Å². The van der Waals surface area contributed by atoms with Gasteiger partial charge in [-0.3, -0.25) is 13.9 Å². The van der Waals surface area contributed by atoms with Gasteiger partial charge in [0.15, 0.2) is 0 Å². The predicted octanol–water partition coefficient (Wildman–Crippen LogP) is 4.36. The predicted molar refractivity (Wildman–Crippen MR) is 147 cm³/mol. The number of carbonyl (C=O) groups is 2. The molecule has 0 fully saturated rings. The number of likely N-dealkylation sites (N-methyl/N-ethyl adjacent to an activating group) is 1. The first-order valence-corrected chi connectivity index (χ1v) is 13.7. The summed E-state index contributed by atoms with van der Waals surface area (Å²) in [7, 11) is -2.54. The molecule has 2 amide bonds. The van der Waals surface area contributed by atoms with Gasteiger partial charge >= 0.3 is 0 Å². The lowest BCUT2D eigenvalue weighted by atomic mass is 10.1. The number of nitrogens with zero attached hydrogens (tertiary/aromatic N) is 2. The summed E-state index contributed by atoms with van der Waals surface area (Å²) < 4.78 is 28.7. The molecule has 1 N–H and O–H groups in total. The van der Waals surface area contributed by atoms with Crippen LogP contribution in [0.2, 0.25) is 0 Å². The van der Waals surface area contributed by atoms with E-state index in [9.17, 15) is 18.0 Å². The summed E-state index contributed by atoms with van der Waals surface area (Å²) in [5.74, 6) is -0.764. The number of sulfonamides is 1. The lowest BCUT2D eigenvalue weighted by Crippen LogP contribution is -2.51. The van der Waals surface area contributed by atoms with Gasteiger partial charge in [0.05, 0.1) is 10.6 Å². The Morgan fingerprint density at radius 2 is 1.54 bits per heavy atom. The van der Waals surface area contributed by atoms with Crippen LogP contribution in [0.1, 0.15) is 35.6 Å². The lowest BCUT2D eigenvalue weighted by Gasteiger charge is -2.33. The van der Waals surface area contributed by atoms with E-state index in [1.165, 1.54) is 24.1 Å². The first-order chi connectivity index (χ1) is 17.6. The fraction of sp³-hybridized carbons (Fsp3) is 0.310. The Kier molecular flexibility index (Phi) is 9.10. The molecule has 0 heterocycles. The van der Waals surface area contributed by atoms with Gasteiger partial charge in [-0.25, -0.2) is 8.42 Å². The molecule has 0 aliphatic heterocycles. The molecule has 0 saturated carbocycles. The summed E-state index contributed by atoms with van der Waals surface area (Å²) in [6.45, 7) is 7.38. The van der Waals surface area contributed by atoms with E-state index in [4.69, 9.17) is 0 Å². The topological polar surface area (TPSA) is 86.8 Å². The quantitative estimate of drug-likeness (QED) is 0.430. The minimum absolute atomic E-state index is 0.0875. The third-order valence-corrected chi connectivity index (χ3v) is 8.28. The van der Waals surface area contributed by atoms with Crippen LogP contribution in [0, 0.1) is 20.8 Å². The molecule has 3 aromatic carbocycles. The molecule has 0 aliphatic carbocycles. The van der Waals surface area contributed by atoms with E-state index in [1.54, 1.807) is 30.3 Å². The molecule has 7 nitrogen and oxygen atoms in total. The van der Waals surface area contributed by atoms with Crippen LogP contribution in [-0.4, -0.2) is 44.8 Å². The fourth-order valence-corrected chi connectivity index (χ4v) is 5.53. The molecule has 196 valence electrons. The van der Waals surface area contributed by atoms with Gasteiger partial charge in [-0.2, -0.15) is 0 Å². The van der Waals surface area contributed by atoms with Crippen LogP contribution in [0.15, 0.2) is 77.7 Å².